The molecule has 0 aromatic rings. The molecule has 0 bridgehead atoms. The number of hydrogen-bond donors (Lipinski definition) is 0. The van der Waals surface area contributed by atoms with Crippen LogP contribution in [0.2, 0.25) is 0 Å². The van der Waals surface area contributed by atoms with Gasteiger partial charge in [-0.3, -0.25) is 9.59 Å². The van der Waals surface area contributed by atoms with E-state index in [-0.39, 0.29) is 23.8 Å². The summed E-state index contributed by atoms with van der Waals surface area (Å²) in [5.41, 5.74) is 0. The van der Waals surface area contributed by atoms with Gasteiger partial charge in [0.05, 0.1) is 5.92 Å². The van der Waals surface area contributed by atoms with Crippen molar-refractivity contribution in [3.05, 3.63) is 0 Å². The molecular formula is C16H30N2O2. The van der Waals surface area contributed by atoms with Crippen molar-refractivity contribution >= 4 is 11.8 Å². The van der Waals surface area contributed by atoms with E-state index in [9.17, 15) is 9.59 Å². The van der Waals surface area contributed by atoms with Crippen LogP contribution in [0.1, 0.15) is 59.8 Å². The number of rotatable bonds is 8. The Morgan fingerprint density at radius 2 is 1.80 bits per heavy atom. The lowest BCUT2D eigenvalue weighted by atomic mass is 10.1. The van der Waals surface area contributed by atoms with Gasteiger partial charge in [0.15, 0.2) is 0 Å². The highest BCUT2D eigenvalue weighted by Crippen LogP contribution is 2.22. The van der Waals surface area contributed by atoms with Crippen molar-refractivity contribution in [1.29, 1.82) is 0 Å². The lowest BCUT2D eigenvalue weighted by Gasteiger charge is -2.26. The Morgan fingerprint density at radius 3 is 2.20 bits per heavy atom. The molecule has 0 aromatic heterocycles. The fourth-order valence-corrected chi connectivity index (χ4v) is 2.68. The molecule has 116 valence electrons. The fraction of sp³-hybridized carbons (Fsp3) is 0.875. The van der Waals surface area contributed by atoms with E-state index in [4.69, 9.17) is 0 Å². The monoisotopic (exact) mass is 282 g/mol. The largest absolute Gasteiger partial charge is 0.342 e. The molecule has 0 aliphatic carbocycles. The smallest absolute Gasteiger partial charge is 0.227 e. The first-order valence-electron chi connectivity index (χ1n) is 8.09. The molecule has 1 saturated heterocycles. The van der Waals surface area contributed by atoms with Crippen LogP contribution in [0.4, 0.5) is 0 Å². The molecule has 1 rings (SSSR count). The summed E-state index contributed by atoms with van der Waals surface area (Å²) in [6, 6.07) is 0.194. The second-order valence-electron chi connectivity index (χ2n) is 6.07. The van der Waals surface area contributed by atoms with Crippen molar-refractivity contribution in [2.45, 2.75) is 65.8 Å². The van der Waals surface area contributed by atoms with Gasteiger partial charge in [0, 0.05) is 32.1 Å². The molecule has 2 amide bonds. The summed E-state index contributed by atoms with van der Waals surface area (Å²) in [7, 11) is 0. The number of unbranched alkanes of at least 4 members (excludes halogenated alkanes) is 2. The maximum Gasteiger partial charge on any atom is 0.227 e. The molecule has 1 heterocycles. The second-order valence-corrected chi connectivity index (χ2v) is 6.07. The predicted molar refractivity (Wildman–Crippen MR) is 81.4 cm³/mol. The predicted octanol–water partition coefficient (Wildman–Crippen LogP) is 2.67. The first-order chi connectivity index (χ1) is 9.51. The lowest BCUT2D eigenvalue weighted by molar-refractivity contribution is -0.136. The molecule has 1 atom stereocenters. The normalized spacial score (nSPS) is 18.9. The quantitative estimate of drug-likeness (QED) is 0.687. The van der Waals surface area contributed by atoms with Gasteiger partial charge in [-0.05, 0) is 26.7 Å². The van der Waals surface area contributed by atoms with Crippen LogP contribution < -0.4 is 0 Å². The number of carbonyl (C=O) groups is 2. The van der Waals surface area contributed by atoms with E-state index >= 15 is 0 Å². The van der Waals surface area contributed by atoms with Gasteiger partial charge in [0.25, 0.3) is 0 Å². The van der Waals surface area contributed by atoms with Crippen molar-refractivity contribution in [2.24, 2.45) is 5.92 Å². The molecule has 1 fully saturated rings. The number of likely N-dealkylation sites (tertiary alicyclic amines) is 1. The van der Waals surface area contributed by atoms with E-state index in [0.29, 0.717) is 13.0 Å². The molecule has 0 spiro atoms. The highest BCUT2D eigenvalue weighted by Gasteiger charge is 2.37. The van der Waals surface area contributed by atoms with Crippen LogP contribution in [0.5, 0.6) is 0 Å². The van der Waals surface area contributed by atoms with Crippen LogP contribution in [-0.2, 0) is 9.59 Å². The minimum atomic E-state index is -0.126. The molecule has 20 heavy (non-hydrogen) atoms. The van der Waals surface area contributed by atoms with Gasteiger partial charge in [0.1, 0.15) is 0 Å². The number of hydrogen-bond acceptors (Lipinski definition) is 2. The van der Waals surface area contributed by atoms with E-state index in [1.807, 2.05) is 23.6 Å². The van der Waals surface area contributed by atoms with E-state index < -0.39 is 0 Å². The Balaban J connectivity index is 2.62. The lowest BCUT2D eigenvalue weighted by Crippen LogP contribution is -2.39. The van der Waals surface area contributed by atoms with E-state index in [0.717, 1.165) is 38.8 Å². The van der Waals surface area contributed by atoms with Gasteiger partial charge >= 0.3 is 0 Å². The fourth-order valence-electron chi connectivity index (χ4n) is 2.68. The van der Waals surface area contributed by atoms with E-state index in [2.05, 4.69) is 13.8 Å². The third-order valence-corrected chi connectivity index (χ3v) is 4.01. The molecule has 0 saturated carbocycles. The summed E-state index contributed by atoms with van der Waals surface area (Å²) in [6.07, 6.45) is 4.68. The zero-order chi connectivity index (χ0) is 15.1. The summed E-state index contributed by atoms with van der Waals surface area (Å²) >= 11 is 0. The van der Waals surface area contributed by atoms with Crippen LogP contribution in [0.25, 0.3) is 0 Å². The van der Waals surface area contributed by atoms with Gasteiger partial charge in [0.2, 0.25) is 11.8 Å². The first kappa shape index (κ1) is 17.0. The molecule has 0 unspecified atom stereocenters. The van der Waals surface area contributed by atoms with Crippen LogP contribution in [0.3, 0.4) is 0 Å². The van der Waals surface area contributed by atoms with Crippen LogP contribution in [0.15, 0.2) is 0 Å². The van der Waals surface area contributed by atoms with Crippen molar-refractivity contribution in [1.82, 2.24) is 9.80 Å². The summed E-state index contributed by atoms with van der Waals surface area (Å²) in [5.74, 6) is 0.186. The molecular weight excluding hydrogens is 252 g/mol. The van der Waals surface area contributed by atoms with Crippen molar-refractivity contribution in [3.63, 3.8) is 0 Å². The van der Waals surface area contributed by atoms with Crippen molar-refractivity contribution < 1.29 is 9.59 Å². The maximum absolute atomic E-state index is 12.6. The average Bonchev–Trinajstić information content (AvgIpc) is 2.80. The Kier molecular flexibility index (Phi) is 7.03. The Morgan fingerprint density at radius 1 is 1.25 bits per heavy atom. The molecule has 0 radical (unpaired) electrons. The summed E-state index contributed by atoms with van der Waals surface area (Å²) in [5, 5.41) is 0. The summed E-state index contributed by atoms with van der Waals surface area (Å²) in [6.45, 7) is 10.6. The summed E-state index contributed by atoms with van der Waals surface area (Å²) < 4.78 is 0. The zero-order valence-electron chi connectivity index (χ0n) is 13.5. The molecule has 4 nitrogen and oxygen atoms in total. The standard InChI is InChI=1S/C16H30N2O2/c1-5-7-9-17(10-8-6-2)16(20)14-11-15(19)18(12-14)13(3)4/h13-14H,5-12H2,1-4H3/t14-/m0/s1. The first-order valence-corrected chi connectivity index (χ1v) is 8.09. The SMILES string of the molecule is CCCCN(CCCC)C(=O)[C@H]1CC(=O)N(C(C)C)C1. The highest BCUT2D eigenvalue weighted by molar-refractivity contribution is 5.89. The van der Waals surface area contributed by atoms with E-state index in [1.54, 1.807) is 0 Å². The van der Waals surface area contributed by atoms with Crippen LogP contribution in [-0.4, -0.2) is 47.3 Å². The topological polar surface area (TPSA) is 40.6 Å². The summed E-state index contributed by atoms with van der Waals surface area (Å²) in [4.78, 5) is 28.4. The third-order valence-electron chi connectivity index (χ3n) is 4.01. The van der Waals surface area contributed by atoms with E-state index in [1.165, 1.54) is 0 Å². The average molecular weight is 282 g/mol. The highest BCUT2D eigenvalue weighted by atomic mass is 16.2. The second kappa shape index (κ2) is 8.28. The minimum absolute atomic E-state index is 0.126. The zero-order valence-corrected chi connectivity index (χ0v) is 13.5. The minimum Gasteiger partial charge on any atom is -0.342 e. The van der Waals surface area contributed by atoms with Crippen molar-refractivity contribution in [3.8, 4) is 0 Å². The third kappa shape index (κ3) is 4.50. The molecule has 4 heteroatoms. The number of carbonyl (C=O) groups excluding carboxylic acids is 2. The number of amides is 2. The molecule has 0 N–H and O–H groups in total. The number of nitrogens with zero attached hydrogens (tertiary/aromatic N) is 2. The molecule has 1 aliphatic heterocycles. The maximum atomic E-state index is 12.6. The van der Waals surface area contributed by atoms with Crippen LogP contribution in [0, 0.1) is 5.92 Å². The molecule has 1 aliphatic rings. The van der Waals surface area contributed by atoms with Gasteiger partial charge in [-0.25, -0.2) is 0 Å². The van der Waals surface area contributed by atoms with Gasteiger partial charge in [-0.1, -0.05) is 26.7 Å². The van der Waals surface area contributed by atoms with Crippen LogP contribution >= 0.6 is 0 Å². The Hall–Kier alpha value is -1.06. The Bertz CT molecular complexity index is 320. The van der Waals surface area contributed by atoms with Gasteiger partial charge in [-0.15, -0.1) is 0 Å². The van der Waals surface area contributed by atoms with Crippen molar-refractivity contribution in [2.75, 3.05) is 19.6 Å². The molecule has 0 aromatic carbocycles. The van der Waals surface area contributed by atoms with Gasteiger partial charge in [-0.2, -0.15) is 0 Å². The Labute approximate surface area is 123 Å². The van der Waals surface area contributed by atoms with Gasteiger partial charge < -0.3 is 9.80 Å².